The lowest BCUT2D eigenvalue weighted by Gasteiger charge is -2.21. The summed E-state index contributed by atoms with van der Waals surface area (Å²) >= 11 is 0. The molecule has 2 unspecified atom stereocenters. The van der Waals surface area contributed by atoms with Crippen LogP contribution in [0.1, 0.15) is 381 Å². The molecule has 3 N–H and O–H groups in total. The van der Waals surface area contributed by atoms with E-state index in [1.807, 2.05) is 0 Å². The number of aliphatic hydroxyl groups is 1. The Hall–Kier alpha value is -2.46. The first-order valence-corrected chi connectivity index (χ1v) is 42.4. The first kappa shape index (κ1) is 93.5. The van der Waals surface area contributed by atoms with E-state index in [1.54, 1.807) is 0 Å². The molecule has 566 valence electrons. The van der Waals surface area contributed by atoms with Crippen molar-refractivity contribution >= 4 is 39.5 Å². The van der Waals surface area contributed by atoms with Gasteiger partial charge in [0.2, 0.25) is 0 Å². The number of aliphatic hydroxyl groups excluding tert-OH is 1. The summed E-state index contributed by atoms with van der Waals surface area (Å²) in [4.78, 5) is 72.7. The molecule has 0 saturated heterocycles. The van der Waals surface area contributed by atoms with E-state index in [-0.39, 0.29) is 25.7 Å². The van der Waals surface area contributed by atoms with Crippen LogP contribution in [-0.4, -0.2) is 96.7 Å². The van der Waals surface area contributed by atoms with Crippen LogP contribution in [0.3, 0.4) is 0 Å². The molecule has 0 aliphatic rings. The van der Waals surface area contributed by atoms with Crippen molar-refractivity contribution in [2.45, 2.75) is 400 Å². The molecule has 0 heterocycles. The Morgan fingerprint density at radius 1 is 0.323 bits per heavy atom. The number of hydrogen-bond donors (Lipinski definition) is 3. The number of carbonyl (C=O) groups is 4. The largest absolute Gasteiger partial charge is 0.472 e. The minimum atomic E-state index is -4.96. The van der Waals surface area contributed by atoms with Crippen molar-refractivity contribution in [2.24, 2.45) is 5.92 Å². The van der Waals surface area contributed by atoms with Crippen LogP contribution >= 0.6 is 15.6 Å². The van der Waals surface area contributed by atoms with Crippen LogP contribution in [-0.2, 0) is 65.4 Å². The van der Waals surface area contributed by atoms with Crippen molar-refractivity contribution < 1.29 is 80.2 Å². The number of ether oxygens (including phenoxy) is 4. The zero-order valence-electron chi connectivity index (χ0n) is 62.0. The van der Waals surface area contributed by atoms with Crippen molar-refractivity contribution in [3.8, 4) is 0 Å². The summed E-state index contributed by atoms with van der Waals surface area (Å²) < 4.78 is 68.4. The first-order valence-electron chi connectivity index (χ1n) is 39.5. The number of esters is 4. The fourth-order valence-electron chi connectivity index (χ4n) is 11.3. The Kier molecular flexibility index (Phi) is 67.8. The summed E-state index contributed by atoms with van der Waals surface area (Å²) in [6.07, 6.45) is 62.0. The molecule has 0 aromatic heterocycles. The highest BCUT2D eigenvalue weighted by Crippen LogP contribution is 2.45. The summed E-state index contributed by atoms with van der Waals surface area (Å²) in [6.45, 7) is 7.23. The summed E-state index contributed by atoms with van der Waals surface area (Å²) in [5.74, 6) is -1.33. The zero-order chi connectivity index (χ0) is 70.5. The van der Waals surface area contributed by atoms with Gasteiger partial charge in [0.15, 0.2) is 12.2 Å². The monoisotopic (exact) mass is 1410 g/mol. The van der Waals surface area contributed by atoms with E-state index in [2.05, 4.69) is 58.9 Å². The van der Waals surface area contributed by atoms with Gasteiger partial charge in [-0.15, -0.1) is 0 Å². The third-order valence-corrected chi connectivity index (χ3v) is 19.3. The lowest BCUT2D eigenvalue weighted by molar-refractivity contribution is -0.161. The van der Waals surface area contributed by atoms with Crippen LogP contribution in [0.15, 0.2) is 24.3 Å². The minimum absolute atomic E-state index is 0.102. The van der Waals surface area contributed by atoms with E-state index < -0.39 is 97.5 Å². The molecule has 0 bridgehead atoms. The van der Waals surface area contributed by atoms with Gasteiger partial charge in [-0.3, -0.25) is 37.3 Å². The van der Waals surface area contributed by atoms with Gasteiger partial charge >= 0.3 is 39.5 Å². The number of allylic oxidation sites excluding steroid dienone is 4. The van der Waals surface area contributed by atoms with Gasteiger partial charge in [-0.25, -0.2) is 9.13 Å². The molecule has 0 aliphatic carbocycles. The number of phosphoric ester groups is 2. The first-order chi connectivity index (χ1) is 46.5. The van der Waals surface area contributed by atoms with Crippen molar-refractivity contribution in [3.63, 3.8) is 0 Å². The van der Waals surface area contributed by atoms with Crippen LogP contribution in [0.5, 0.6) is 0 Å². The highest BCUT2D eigenvalue weighted by molar-refractivity contribution is 7.47. The molecule has 0 aromatic carbocycles. The lowest BCUT2D eigenvalue weighted by atomic mass is 10.0. The number of unbranched alkanes of at least 4 members (excludes halogenated alkanes) is 44. The SMILES string of the molecule is CCCCCC/C=C\C=C/CCCCCCCC(=O)OC[C@H](COP(=O)(O)OC[C@@H](O)COP(=O)(O)OC[C@@H](COC(=O)CCCCCCCCC)OC(=O)CCCCCCCCCCCCCCC)OC(=O)CCCCCCCCCCCCCCCCCCCCC(C)C. The average Bonchev–Trinajstić information content (AvgIpc) is 2.34. The van der Waals surface area contributed by atoms with Crippen LogP contribution < -0.4 is 0 Å². The molecule has 5 atom stereocenters. The maximum absolute atomic E-state index is 13.1. The number of phosphoric acid groups is 2. The second-order valence-corrected chi connectivity index (χ2v) is 30.4. The van der Waals surface area contributed by atoms with Crippen LogP contribution in [0.2, 0.25) is 0 Å². The molecule has 0 aromatic rings. The molecule has 17 nitrogen and oxygen atoms in total. The Labute approximate surface area is 586 Å². The molecular formula is C77H146O17P2. The maximum atomic E-state index is 13.1. The number of rotatable bonds is 75. The van der Waals surface area contributed by atoms with Gasteiger partial charge in [-0.1, -0.05) is 329 Å². The summed E-state index contributed by atoms with van der Waals surface area (Å²) in [7, 11) is -9.92. The average molecular weight is 1410 g/mol. The standard InChI is InChI=1S/C77H146O17P2/c1-6-9-12-15-18-20-22-24-29-34-37-41-46-51-56-61-75(80)88-67-73(94-77(82)63-58-53-48-43-39-35-31-28-26-25-27-30-33-36-40-45-49-54-59-70(4)5)69-92-96(85,86)90-65-71(78)64-89-95(83,84)91-68-72(66-87-74(79)60-55-50-44-17-14-11-8-3)93-76(81)62-57-52-47-42-38-32-23-21-19-16-13-10-7-2/h20,22,24,29,70-73,78H,6-19,21,23,25-28,30-69H2,1-5H3,(H,83,84)(H,85,86)/b22-20-,29-24-/t71-,72+,73+/m0/s1. The van der Waals surface area contributed by atoms with Gasteiger partial charge in [-0.2, -0.15) is 0 Å². The van der Waals surface area contributed by atoms with E-state index in [9.17, 15) is 43.2 Å². The highest BCUT2D eigenvalue weighted by Gasteiger charge is 2.30. The normalized spacial score (nSPS) is 14.1. The molecule has 0 amide bonds. The topological polar surface area (TPSA) is 237 Å². The smallest absolute Gasteiger partial charge is 0.462 e. The Bertz CT molecular complexity index is 1930. The molecule has 0 radical (unpaired) electrons. The van der Waals surface area contributed by atoms with Gasteiger partial charge in [0.1, 0.15) is 19.3 Å². The molecule has 19 heteroatoms. The molecule has 0 saturated carbocycles. The van der Waals surface area contributed by atoms with Crippen molar-refractivity contribution in [1.82, 2.24) is 0 Å². The minimum Gasteiger partial charge on any atom is -0.462 e. The Balaban J connectivity index is 5.20. The van der Waals surface area contributed by atoms with E-state index in [1.165, 1.54) is 173 Å². The van der Waals surface area contributed by atoms with Crippen molar-refractivity contribution in [3.05, 3.63) is 24.3 Å². The van der Waals surface area contributed by atoms with E-state index in [4.69, 9.17) is 37.0 Å². The van der Waals surface area contributed by atoms with Crippen LogP contribution in [0.25, 0.3) is 0 Å². The Morgan fingerprint density at radius 2 is 0.562 bits per heavy atom. The van der Waals surface area contributed by atoms with Crippen LogP contribution in [0, 0.1) is 5.92 Å². The Morgan fingerprint density at radius 3 is 0.854 bits per heavy atom. The molecule has 0 fully saturated rings. The van der Waals surface area contributed by atoms with Gasteiger partial charge in [0, 0.05) is 25.7 Å². The maximum Gasteiger partial charge on any atom is 0.472 e. The molecule has 0 spiro atoms. The highest BCUT2D eigenvalue weighted by atomic mass is 31.2. The fourth-order valence-corrected chi connectivity index (χ4v) is 12.9. The fraction of sp³-hybridized carbons (Fsp3) is 0.896. The predicted octanol–water partition coefficient (Wildman–Crippen LogP) is 22.4. The lowest BCUT2D eigenvalue weighted by Crippen LogP contribution is -2.30. The second-order valence-electron chi connectivity index (χ2n) is 27.5. The second kappa shape index (κ2) is 69.6. The van der Waals surface area contributed by atoms with Crippen molar-refractivity contribution in [2.75, 3.05) is 39.6 Å². The molecule has 0 aliphatic heterocycles. The summed E-state index contributed by atoms with van der Waals surface area (Å²) in [6, 6.07) is 0. The quantitative estimate of drug-likeness (QED) is 0.0169. The van der Waals surface area contributed by atoms with E-state index in [0.717, 1.165) is 128 Å². The van der Waals surface area contributed by atoms with Gasteiger partial charge in [0.05, 0.1) is 26.4 Å². The number of hydrogen-bond acceptors (Lipinski definition) is 15. The van der Waals surface area contributed by atoms with Crippen LogP contribution in [0.4, 0.5) is 0 Å². The van der Waals surface area contributed by atoms with Gasteiger partial charge < -0.3 is 33.8 Å². The molecule has 96 heavy (non-hydrogen) atoms. The zero-order valence-corrected chi connectivity index (χ0v) is 63.8. The predicted molar refractivity (Wildman–Crippen MR) is 391 cm³/mol. The van der Waals surface area contributed by atoms with E-state index >= 15 is 0 Å². The van der Waals surface area contributed by atoms with E-state index in [0.29, 0.717) is 25.7 Å². The third kappa shape index (κ3) is 70.0. The molecule has 0 rings (SSSR count). The summed E-state index contributed by atoms with van der Waals surface area (Å²) in [5.41, 5.74) is 0. The van der Waals surface area contributed by atoms with Gasteiger partial charge in [0.25, 0.3) is 0 Å². The molecular weight excluding hydrogens is 1260 g/mol. The van der Waals surface area contributed by atoms with Gasteiger partial charge in [-0.05, 0) is 57.3 Å². The third-order valence-electron chi connectivity index (χ3n) is 17.4. The van der Waals surface area contributed by atoms with Crippen molar-refractivity contribution in [1.29, 1.82) is 0 Å². The summed E-state index contributed by atoms with van der Waals surface area (Å²) in [5, 5.41) is 10.6. The number of carbonyl (C=O) groups excluding carboxylic acids is 4.